The van der Waals surface area contributed by atoms with Crippen molar-refractivity contribution in [3.8, 4) is 0 Å². The van der Waals surface area contributed by atoms with Crippen molar-refractivity contribution in [3.63, 3.8) is 0 Å². The molecule has 1 aliphatic rings. The monoisotopic (exact) mass is 573 g/mol. The normalized spacial score (nSPS) is 19.1. The minimum atomic E-state index is -1.12. The average molecular weight is 574 g/mol. The zero-order valence-electron chi connectivity index (χ0n) is 24.5. The number of fused-ring (bicyclic) bond motifs is 1. The number of benzene rings is 3. The molecular weight excluding hydrogens is 534 g/mol. The number of carbonyl (C=O) groups is 4. The Hall–Kier alpha value is -4.40. The number of carbonyl (C=O) groups excluding carboxylic acids is 3. The Bertz CT molecular complexity index is 1430. The number of rotatable bonds is 10. The van der Waals surface area contributed by atoms with Gasteiger partial charge in [-0.15, -0.1) is 0 Å². The molecule has 1 unspecified atom stereocenters. The van der Waals surface area contributed by atoms with Gasteiger partial charge in [0.05, 0.1) is 18.6 Å². The second kappa shape index (κ2) is 13.1. The van der Waals surface area contributed by atoms with Crippen LogP contribution in [0.1, 0.15) is 70.2 Å². The van der Waals surface area contributed by atoms with Crippen LogP contribution in [-0.2, 0) is 14.3 Å². The van der Waals surface area contributed by atoms with Crippen LogP contribution in [0.5, 0.6) is 0 Å². The molecule has 9 nitrogen and oxygen atoms in total. The van der Waals surface area contributed by atoms with Crippen molar-refractivity contribution in [2.75, 3.05) is 6.54 Å². The molecule has 3 amide bonds. The number of hydrogen-bond acceptors (Lipinski definition) is 5. The van der Waals surface area contributed by atoms with Crippen LogP contribution in [0.2, 0.25) is 0 Å². The second-order valence-corrected chi connectivity index (χ2v) is 11.4. The van der Waals surface area contributed by atoms with Crippen LogP contribution >= 0.6 is 0 Å². The maximum Gasteiger partial charge on any atom is 0.408 e. The summed E-state index contributed by atoms with van der Waals surface area (Å²) >= 11 is 0. The summed E-state index contributed by atoms with van der Waals surface area (Å²) in [6.07, 6.45) is -1.14. The molecule has 3 N–H and O–H groups in total. The van der Waals surface area contributed by atoms with Gasteiger partial charge in [-0.3, -0.25) is 14.5 Å². The average Bonchev–Trinajstić information content (AvgIpc) is 3.24. The standard InChI is InChI=1S/C33H39N3O6/c1-5-6-19-26(28(37)30(38)34-21(2)22-13-8-7-9-14-22)35-31(39)42-27-20-36(32(40)41)29(33(27,3)4)25-18-12-16-23-15-10-11-17-24(23)25/h7-18,21,26-27,29H,5-6,19-20H2,1-4H3,(H,34,38)(H,35,39)(H,40,41)/t21-,26+,27-,29?/m1/s1. The first kappa shape index (κ1) is 30.6. The number of amides is 3. The van der Waals surface area contributed by atoms with Crippen molar-refractivity contribution < 1.29 is 29.0 Å². The summed E-state index contributed by atoms with van der Waals surface area (Å²) < 4.78 is 5.82. The largest absolute Gasteiger partial charge is 0.465 e. The Morgan fingerprint density at radius 2 is 1.64 bits per heavy atom. The minimum Gasteiger partial charge on any atom is -0.465 e. The van der Waals surface area contributed by atoms with Gasteiger partial charge in [-0.25, -0.2) is 9.59 Å². The number of alkyl carbamates (subject to hydrolysis) is 1. The second-order valence-electron chi connectivity index (χ2n) is 11.4. The molecule has 4 atom stereocenters. The molecule has 1 fully saturated rings. The minimum absolute atomic E-state index is 0.0354. The molecule has 3 aromatic carbocycles. The lowest BCUT2D eigenvalue weighted by molar-refractivity contribution is -0.139. The zero-order valence-corrected chi connectivity index (χ0v) is 24.5. The first-order valence-corrected chi connectivity index (χ1v) is 14.4. The van der Waals surface area contributed by atoms with E-state index in [2.05, 4.69) is 10.6 Å². The van der Waals surface area contributed by atoms with Gasteiger partial charge >= 0.3 is 12.2 Å². The number of likely N-dealkylation sites (tertiary alicyclic amines) is 1. The van der Waals surface area contributed by atoms with Crippen molar-refractivity contribution in [1.82, 2.24) is 15.5 Å². The molecule has 0 aromatic heterocycles. The molecule has 0 aliphatic carbocycles. The van der Waals surface area contributed by atoms with E-state index in [4.69, 9.17) is 4.74 Å². The van der Waals surface area contributed by atoms with Crippen LogP contribution in [0.15, 0.2) is 72.8 Å². The van der Waals surface area contributed by atoms with Crippen LogP contribution in [0.4, 0.5) is 9.59 Å². The molecule has 222 valence electrons. The molecular formula is C33H39N3O6. The summed E-state index contributed by atoms with van der Waals surface area (Å²) in [5.74, 6) is -1.54. The van der Waals surface area contributed by atoms with E-state index >= 15 is 0 Å². The zero-order chi connectivity index (χ0) is 30.4. The van der Waals surface area contributed by atoms with Gasteiger partial charge < -0.3 is 20.5 Å². The summed E-state index contributed by atoms with van der Waals surface area (Å²) in [4.78, 5) is 52.9. The van der Waals surface area contributed by atoms with E-state index in [0.29, 0.717) is 6.42 Å². The lowest BCUT2D eigenvalue weighted by atomic mass is 9.78. The quantitative estimate of drug-likeness (QED) is 0.256. The Morgan fingerprint density at radius 1 is 0.976 bits per heavy atom. The maximum absolute atomic E-state index is 13.2. The number of carboxylic acid groups (broad SMARTS) is 1. The highest BCUT2D eigenvalue weighted by Crippen LogP contribution is 2.49. The summed E-state index contributed by atoms with van der Waals surface area (Å²) in [5.41, 5.74) is 0.876. The van der Waals surface area contributed by atoms with Gasteiger partial charge in [0, 0.05) is 5.41 Å². The first-order valence-electron chi connectivity index (χ1n) is 14.4. The molecule has 0 spiro atoms. The molecule has 0 radical (unpaired) electrons. The van der Waals surface area contributed by atoms with Crippen molar-refractivity contribution in [3.05, 3.63) is 83.9 Å². The number of ether oxygens (including phenoxy) is 1. The SMILES string of the molecule is CCCC[C@H](NC(=O)O[C@@H]1CN(C(=O)O)C(c2cccc3ccccc23)C1(C)C)C(=O)C(=O)N[C@H](C)c1ccccc1. The van der Waals surface area contributed by atoms with Crippen molar-refractivity contribution in [1.29, 1.82) is 0 Å². The van der Waals surface area contributed by atoms with E-state index in [1.54, 1.807) is 6.92 Å². The summed E-state index contributed by atoms with van der Waals surface area (Å²) in [7, 11) is 0. The molecule has 0 bridgehead atoms. The van der Waals surface area contributed by atoms with Crippen molar-refractivity contribution in [2.24, 2.45) is 5.41 Å². The highest BCUT2D eigenvalue weighted by atomic mass is 16.6. The number of nitrogens with one attached hydrogen (secondary N) is 2. The van der Waals surface area contributed by atoms with Gasteiger partial charge in [-0.1, -0.05) is 106 Å². The third-order valence-electron chi connectivity index (χ3n) is 8.15. The van der Waals surface area contributed by atoms with E-state index < -0.39 is 53.5 Å². The number of nitrogens with zero attached hydrogens (tertiary/aromatic N) is 1. The lowest BCUT2D eigenvalue weighted by Crippen LogP contribution is -2.49. The number of Topliss-reactive ketones (excluding diaryl/α,β-unsaturated/α-hetero) is 1. The van der Waals surface area contributed by atoms with Crippen LogP contribution in [0.3, 0.4) is 0 Å². The van der Waals surface area contributed by atoms with E-state index in [-0.39, 0.29) is 13.0 Å². The number of unbranched alkanes of at least 4 members (excludes halogenated alkanes) is 1. The van der Waals surface area contributed by atoms with Gasteiger partial charge in [-0.05, 0) is 35.2 Å². The third-order valence-corrected chi connectivity index (χ3v) is 8.15. The Labute approximate surface area is 246 Å². The Kier molecular flexibility index (Phi) is 9.50. The molecule has 3 aromatic rings. The molecule has 1 heterocycles. The highest BCUT2D eigenvalue weighted by molar-refractivity contribution is 6.38. The third kappa shape index (κ3) is 6.56. The molecule has 4 rings (SSSR count). The van der Waals surface area contributed by atoms with Crippen molar-refractivity contribution >= 4 is 34.6 Å². The van der Waals surface area contributed by atoms with Crippen LogP contribution in [-0.4, -0.2) is 52.6 Å². The van der Waals surface area contributed by atoms with Crippen molar-refractivity contribution in [2.45, 2.75) is 71.2 Å². The van der Waals surface area contributed by atoms with Gasteiger partial charge in [-0.2, -0.15) is 0 Å². The fourth-order valence-corrected chi connectivity index (χ4v) is 5.77. The molecule has 42 heavy (non-hydrogen) atoms. The molecule has 9 heteroatoms. The van der Waals surface area contributed by atoms with Gasteiger partial charge in [0.25, 0.3) is 5.91 Å². The predicted octanol–water partition coefficient (Wildman–Crippen LogP) is 6.00. The van der Waals surface area contributed by atoms with E-state index in [0.717, 1.165) is 28.3 Å². The topological polar surface area (TPSA) is 125 Å². The van der Waals surface area contributed by atoms with E-state index in [1.165, 1.54) is 4.90 Å². The Balaban J connectivity index is 1.50. The number of hydrogen-bond donors (Lipinski definition) is 3. The number of ketones is 1. The molecule has 1 saturated heterocycles. The van der Waals surface area contributed by atoms with Gasteiger partial charge in [0.1, 0.15) is 12.1 Å². The first-order chi connectivity index (χ1) is 20.0. The van der Waals surface area contributed by atoms with E-state index in [1.807, 2.05) is 93.6 Å². The molecule has 1 aliphatic heterocycles. The fraction of sp³-hybridized carbons (Fsp3) is 0.394. The summed E-state index contributed by atoms with van der Waals surface area (Å²) in [6, 6.07) is 20.7. The smallest absolute Gasteiger partial charge is 0.408 e. The Morgan fingerprint density at radius 3 is 2.33 bits per heavy atom. The fourth-order valence-electron chi connectivity index (χ4n) is 5.77. The van der Waals surface area contributed by atoms with Gasteiger partial charge in [0.15, 0.2) is 0 Å². The van der Waals surface area contributed by atoms with Crippen LogP contribution in [0.25, 0.3) is 10.8 Å². The predicted molar refractivity (Wildman–Crippen MR) is 160 cm³/mol. The summed E-state index contributed by atoms with van der Waals surface area (Å²) in [6.45, 7) is 7.45. The van der Waals surface area contributed by atoms with Crippen LogP contribution < -0.4 is 10.6 Å². The molecule has 0 saturated carbocycles. The maximum atomic E-state index is 13.2. The summed E-state index contributed by atoms with van der Waals surface area (Å²) in [5, 5.41) is 17.3. The highest BCUT2D eigenvalue weighted by Gasteiger charge is 2.53. The van der Waals surface area contributed by atoms with Gasteiger partial charge in [0.2, 0.25) is 5.78 Å². The van der Waals surface area contributed by atoms with Crippen LogP contribution in [0, 0.1) is 5.41 Å². The van der Waals surface area contributed by atoms with E-state index in [9.17, 15) is 24.3 Å². The lowest BCUT2D eigenvalue weighted by Gasteiger charge is -2.34.